The number of rotatable bonds is 3. The highest BCUT2D eigenvalue weighted by Crippen LogP contribution is 2.04. The van der Waals surface area contributed by atoms with Crippen molar-refractivity contribution < 1.29 is 8.42 Å². The molecule has 5 nitrogen and oxygen atoms in total. The summed E-state index contributed by atoms with van der Waals surface area (Å²) in [6.07, 6.45) is 2.77. The van der Waals surface area contributed by atoms with Gasteiger partial charge in [0.1, 0.15) is 4.90 Å². The third-order valence-corrected chi connectivity index (χ3v) is 2.83. The summed E-state index contributed by atoms with van der Waals surface area (Å²) < 4.78 is 26.4. The van der Waals surface area contributed by atoms with Gasteiger partial charge in [-0.25, -0.2) is 13.1 Å². The molecule has 13 heavy (non-hydrogen) atoms. The van der Waals surface area contributed by atoms with Crippen LogP contribution in [-0.4, -0.2) is 24.7 Å². The highest BCUT2D eigenvalue weighted by molar-refractivity contribution is 7.89. The van der Waals surface area contributed by atoms with Crippen molar-refractivity contribution >= 4 is 22.4 Å². The van der Waals surface area contributed by atoms with Crippen LogP contribution in [0.25, 0.3) is 0 Å². The predicted molar refractivity (Wildman–Crippen MR) is 51.3 cm³/mol. The maximum absolute atomic E-state index is 11.3. The quantitative estimate of drug-likeness (QED) is 0.796. The van der Waals surface area contributed by atoms with E-state index in [1.54, 1.807) is 14.0 Å². The van der Waals surface area contributed by atoms with Gasteiger partial charge in [0.2, 0.25) is 10.0 Å². The maximum atomic E-state index is 11.3. The van der Waals surface area contributed by atoms with E-state index in [1.165, 1.54) is 17.1 Å². The van der Waals surface area contributed by atoms with Gasteiger partial charge in [-0.2, -0.15) is 5.10 Å². The summed E-state index contributed by atoms with van der Waals surface area (Å²) in [6.45, 7) is 2.12. The first kappa shape index (κ1) is 12.4. The zero-order valence-electron chi connectivity index (χ0n) is 7.39. The van der Waals surface area contributed by atoms with Gasteiger partial charge in [-0.05, 0) is 0 Å². The summed E-state index contributed by atoms with van der Waals surface area (Å²) in [5.74, 6) is 0. The van der Waals surface area contributed by atoms with E-state index < -0.39 is 10.0 Å². The molecule has 1 N–H and O–H groups in total. The van der Waals surface area contributed by atoms with Gasteiger partial charge >= 0.3 is 0 Å². The summed E-state index contributed by atoms with van der Waals surface area (Å²) in [7, 11) is -1.65. The van der Waals surface area contributed by atoms with Gasteiger partial charge in [-0.3, -0.25) is 4.68 Å². The van der Waals surface area contributed by atoms with Gasteiger partial charge in [-0.15, -0.1) is 12.4 Å². The number of nitrogens with one attached hydrogen (secondary N) is 1. The van der Waals surface area contributed by atoms with Gasteiger partial charge in [0.15, 0.2) is 0 Å². The molecule has 0 radical (unpaired) electrons. The number of sulfonamides is 1. The predicted octanol–water partition coefficient (Wildman–Crippen LogP) is 0.140. The molecule has 1 heterocycles. The van der Waals surface area contributed by atoms with Gasteiger partial charge in [0.25, 0.3) is 0 Å². The van der Waals surface area contributed by atoms with Crippen molar-refractivity contribution in [3.05, 3.63) is 12.4 Å². The van der Waals surface area contributed by atoms with E-state index in [2.05, 4.69) is 9.82 Å². The van der Waals surface area contributed by atoms with Crippen molar-refractivity contribution in [1.82, 2.24) is 14.5 Å². The fourth-order valence-corrected chi connectivity index (χ4v) is 1.83. The number of hydrogen-bond donors (Lipinski definition) is 1. The molecule has 0 amide bonds. The average Bonchev–Trinajstić information content (AvgIpc) is 2.36. The number of nitrogens with zero attached hydrogens (tertiary/aromatic N) is 2. The molecule has 0 saturated heterocycles. The molecule has 0 aromatic carbocycles. The first-order valence-corrected chi connectivity index (χ1v) is 5.03. The smallest absolute Gasteiger partial charge is 0.243 e. The van der Waals surface area contributed by atoms with Crippen molar-refractivity contribution in [1.29, 1.82) is 0 Å². The fraction of sp³-hybridized carbons (Fsp3) is 0.500. The standard InChI is InChI=1S/C6H11N3O2S.ClH/c1-3-8-12(10,11)6-4-7-9(2)5-6;/h4-5,8H,3H2,1-2H3;1H. The van der Waals surface area contributed by atoms with Crippen molar-refractivity contribution in [3.8, 4) is 0 Å². The molecule has 0 aliphatic heterocycles. The summed E-state index contributed by atoms with van der Waals surface area (Å²) >= 11 is 0. The van der Waals surface area contributed by atoms with Crippen LogP contribution in [0.5, 0.6) is 0 Å². The zero-order chi connectivity index (χ0) is 9.19. The maximum Gasteiger partial charge on any atom is 0.243 e. The Morgan fingerprint density at radius 2 is 2.23 bits per heavy atom. The normalized spacial score (nSPS) is 10.9. The minimum atomic E-state index is -3.32. The van der Waals surface area contributed by atoms with Gasteiger partial charge < -0.3 is 0 Å². The molecule has 1 aromatic heterocycles. The zero-order valence-corrected chi connectivity index (χ0v) is 9.02. The molecule has 0 aliphatic carbocycles. The molecule has 7 heteroatoms. The monoisotopic (exact) mass is 225 g/mol. The molecule has 0 fully saturated rings. The Labute approximate surface area is 83.6 Å². The van der Waals surface area contributed by atoms with Crippen LogP contribution in [0.15, 0.2) is 17.3 Å². The lowest BCUT2D eigenvalue weighted by atomic mass is 10.7. The van der Waals surface area contributed by atoms with Crippen molar-refractivity contribution in [2.75, 3.05) is 6.54 Å². The van der Waals surface area contributed by atoms with E-state index in [0.717, 1.165) is 0 Å². The molecule has 0 bridgehead atoms. The Bertz CT molecular complexity index is 360. The largest absolute Gasteiger partial charge is 0.274 e. The number of aryl methyl sites for hydroxylation is 1. The third-order valence-electron chi connectivity index (χ3n) is 1.33. The number of aromatic nitrogens is 2. The van der Waals surface area contributed by atoms with Crippen LogP contribution in [0, 0.1) is 0 Å². The number of halogens is 1. The SMILES string of the molecule is CCNS(=O)(=O)c1cnn(C)c1.Cl. The second-order valence-electron chi connectivity index (χ2n) is 2.35. The Balaban J connectivity index is 0.00000144. The Morgan fingerprint density at radius 1 is 1.62 bits per heavy atom. The molecular formula is C6H12ClN3O2S. The minimum Gasteiger partial charge on any atom is -0.274 e. The van der Waals surface area contributed by atoms with Crippen LogP contribution in [-0.2, 0) is 17.1 Å². The molecule has 0 atom stereocenters. The third kappa shape index (κ3) is 2.98. The van der Waals surface area contributed by atoms with Crippen LogP contribution < -0.4 is 4.72 Å². The van der Waals surface area contributed by atoms with Crippen molar-refractivity contribution in [2.45, 2.75) is 11.8 Å². The summed E-state index contributed by atoms with van der Waals surface area (Å²) in [5.41, 5.74) is 0. The highest BCUT2D eigenvalue weighted by Gasteiger charge is 2.13. The fourth-order valence-electron chi connectivity index (χ4n) is 0.811. The Hall–Kier alpha value is -0.590. The van der Waals surface area contributed by atoms with E-state index in [4.69, 9.17) is 0 Å². The summed E-state index contributed by atoms with van der Waals surface area (Å²) in [5, 5.41) is 3.76. The molecular weight excluding hydrogens is 214 g/mol. The first-order chi connectivity index (χ1) is 5.56. The molecule has 0 unspecified atom stereocenters. The average molecular weight is 226 g/mol. The molecule has 76 valence electrons. The van der Waals surface area contributed by atoms with Crippen LogP contribution in [0.2, 0.25) is 0 Å². The second-order valence-corrected chi connectivity index (χ2v) is 4.12. The van der Waals surface area contributed by atoms with E-state index in [9.17, 15) is 8.42 Å². The highest BCUT2D eigenvalue weighted by atomic mass is 35.5. The minimum absolute atomic E-state index is 0. The number of hydrogen-bond acceptors (Lipinski definition) is 3. The molecule has 0 spiro atoms. The van der Waals surface area contributed by atoms with Crippen LogP contribution >= 0.6 is 12.4 Å². The first-order valence-electron chi connectivity index (χ1n) is 3.54. The molecule has 0 saturated carbocycles. The molecule has 1 rings (SSSR count). The van der Waals surface area contributed by atoms with E-state index in [0.29, 0.717) is 6.54 Å². The lowest BCUT2D eigenvalue weighted by molar-refractivity contribution is 0.584. The summed E-state index contributed by atoms with van der Waals surface area (Å²) in [4.78, 5) is 0.201. The van der Waals surface area contributed by atoms with E-state index in [-0.39, 0.29) is 17.3 Å². The van der Waals surface area contributed by atoms with Crippen LogP contribution in [0.1, 0.15) is 6.92 Å². The van der Waals surface area contributed by atoms with Gasteiger partial charge in [0.05, 0.1) is 6.20 Å². The lowest BCUT2D eigenvalue weighted by Crippen LogP contribution is -2.22. The van der Waals surface area contributed by atoms with Crippen molar-refractivity contribution in [3.63, 3.8) is 0 Å². The van der Waals surface area contributed by atoms with Crippen molar-refractivity contribution in [2.24, 2.45) is 7.05 Å². The van der Waals surface area contributed by atoms with Crippen LogP contribution in [0.3, 0.4) is 0 Å². The van der Waals surface area contributed by atoms with Gasteiger partial charge in [-0.1, -0.05) is 6.92 Å². The summed E-state index contributed by atoms with van der Waals surface area (Å²) in [6, 6.07) is 0. The Kier molecular flexibility index (Phi) is 4.38. The molecule has 1 aromatic rings. The second kappa shape index (κ2) is 4.59. The van der Waals surface area contributed by atoms with Crippen LogP contribution in [0.4, 0.5) is 0 Å². The Morgan fingerprint density at radius 3 is 2.62 bits per heavy atom. The molecule has 0 aliphatic rings. The lowest BCUT2D eigenvalue weighted by Gasteiger charge is -1.98. The van der Waals surface area contributed by atoms with Gasteiger partial charge in [0, 0.05) is 19.8 Å². The van der Waals surface area contributed by atoms with E-state index >= 15 is 0 Å². The topological polar surface area (TPSA) is 64.0 Å². The van der Waals surface area contributed by atoms with E-state index in [1.807, 2.05) is 0 Å².